The second-order valence-corrected chi connectivity index (χ2v) is 7.81. The van der Waals surface area contributed by atoms with E-state index in [9.17, 15) is 4.79 Å². The van der Waals surface area contributed by atoms with Crippen molar-refractivity contribution >= 4 is 23.4 Å². The van der Waals surface area contributed by atoms with Crippen LogP contribution in [-0.2, 0) is 10.2 Å². The molecule has 1 aliphatic heterocycles. The smallest absolute Gasteiger partial charge is 0.248 e. The minimum Gasteiger partial charge on any atom is -0.489 e. The molecule has 1 N–H and O–H groups in total. The van der Waals surface area contributed by atoms with E-state index in [0.29, 0.717) is 6.61 Å². The first kappa shape index (κ1) is 19.0. The van der Waals surface area contributed by atoms with E-state index in [1.54, 1.807) is 6.08 Å². The van der Waals surface area contributed by atoms with Gasteiger partial charge in [-0.1, -0.05) is 45.0 Å². The summed E-state index contributed by atoms with van der Waals surface area (Å²) in [6.07, 6.45) is 3.39. The summed E-state index contributed by atoms with van der Waals surface area (Å²) in [4.78, 5) is 14.5. The predicted octanol–water partition coefficient (Wildman–Crippen LogP) is 4.85. The number of ether oxygens (including phenoxy) is 1. The number of carbonyl (C=O) groups is 1. The molecule has 0 radical (unpaired) electrons. The second kappa shape index (κ2) is 7.87. The third-order valence-corrected chi connectivity index (χ3v) is 4.77. The van der Waals surface area contributed by atoms with Crippen molar-refractivity contribution in [3.05, 3.63) is 59.7 Å². The Bertz CT molecular complexity index is 832. The van der Waals surface area contributed by atoms with Crippen molar-refractivity contribution in [3.63, 3.8) is 0 Å². The number of carbonyl (C=O) groups excluding carboxylic acids is 1. The minimum absolute atomic E-state index is 0.126. The second-order valence-electron chi connectivity index (χ2n) is 7.81. The summed E-state index contributed by atoms with van der Waals surface area (Å²) in [7, 11) is 0. The quantitative estimate of drug-likeness (QED) is 0.788. The monoisotopic (exact) mass is 364 g/mol. The zero-order valence-corrected chi connectivity index (χ0v) is 16.6. The van der Waals surface area contributed by atoms with Gasteiger partial charge in [-0.25, -0.2) is 0 Å². The van der Waals surface area contributed by atoms with Crippen molar-refractivity contribution in [1.82, 2.24) is 0 Å². The first-order chi connectivity index (χ1) is 12.9. The van der Waals surface area contributed by atoms with Crippen molar-refractivity contribution in [2.45, 2.75) is 33.1 Å². The molecule has 1 heterocycles. The van der Waals surface area contributed by atoms with Gasteiger partial charge in [0.15, 0.2) is 0 Å². The Labute approximate surface area is 161 Å². The van der Waals surface area contributed by atoms with Crippen LogP contribution in [0.4, 0.5) is 11.4 Å². The molecule has 0 atom stereocenters. The van der Waals surface area contributed by atoms with Crippen LogP contribution in [0.15, 0.2) is 48.5 Å². The van der Waals surface area contributed by atoms with E-state index in [4.69, 9.17) is 4.74 Å². The van der Waals surface area contributed by atoms with E-state index >= 15 is 0 Å². The highest BCUT2D eigenvalue weighted by Crippen LogP contribution is 2.33. The molecule has 4 heteroatoms. The van der Waals surface area contributed by atoms with Crippen molar-refractivity contribution in [3.8, 4) is 5.75 Å². The van der Waals surface area contributed by atoms with Crippen LogP contribution in [0, 0.1) is 0 Å². The zero-order valence-electron chi connectivity index (χ0n) is 16.6. The van der Waals surface area contributed by atoms with Gasteiger partial charge in [0.1, 0.15) is 12.4 Å². The molecule has 2 aromatic carbocycles. The van der Waals surface area contributed by atoms with Crippen LogP contribution in [-0.4, -0.2) is 25.6 Å². The summed E-state index contributed by atoms with van der Waals surface area (Å²) in [6, 6.07) is 14.1. The summed E-state index contributed by atoms with van der Waals surface area (Å²) in [5.41, 5.74) is 4.23. The Morgan fingerprint density at radius 1 is 1.19 bits per heavy atom. The van der Waals surface area contributed by atoms with Crippen LogP contribution in [0.2, 0.25) is 0 Å². The van der Waals surface area contributed by atoms with Gasteiger partial charge < -0.3 is 15.0 Å². The number of anilines is 2. The standard InChI is InChI=1S/C23H28N2O2/c1-5-25-14-15-27-21-16-19(11-12-20(21)25)24-22(26)13-8-17-6-9-18(10-7-17)23(2,3)4/h6-13,16H,5,14-15H2,1-4H3,(H,24,26). The number of fused-ring (bicyclic) bond motifs is 1. The third kappa shape index (κ3) is 4.70. The highest BCUT2D eigenvalue weighted by Gasteiger charge is 2.17. The fourth-order valence-corrected chi connectivity index (χ4v) is 3.13. The molecule has 0 saturated carbocycles. The Kier molecular flexibility index (Phi) is 5.54. The van der Waals surface area contributed by atoms with Crippen LogP contribution in [0.3, 0.4) is 0 Å². The summed E-state index contributed by atoms with van der Waals surface area (Å²) in [5, 5.41) is 2.91. The Balaban J connectivity index is 1.65. The molecule has 2 aromatic rings. The fourth-order valence-electron chi connectivity index (χ4n) is 3.13. The number of amides is 1. The first-order valence-corrected chi connectivity index (χ1v) is 9.48. The van der Waals surface area contributed by atoms with Gasteiger partial charge >= 0.3 is 0 Å². The van der Waals surface area contributed by atoms with E-state index in [-0.39, 0.29) is 11.3 Å². The number of nitrogens with zero attached hydrogens (tertiary/aromatic N) is 1. The molecule has 0 fully saturated rings. The molecular weight excluding hydrogens is 336 g/mol. The maximum atomic E-state index is 12.3. The van der Waals surface area contributed by atoms with E-state index < -0.39 is 0 Å². The highest BCUT2D eigenvalue weighted by atomic mass is 16.5. The number of rotatable bonds is 4. The molecule has 0 unspecified atom stereocenters. The largest absolute Gasteiger partial charge is 0.489 e. The number of likely N-dealkylation sites (N-methyl/N-ethyl adjacent to an activating group) is 1. The summed E-state index contributed by atoms with van der Waals surface area (Å²) in [6.45, 7) is 11.2. The summed E-state index contributed by atoms with van der Waals surface area (Å²) < 4.78 is 5.73. The Morgan fingerprint density at radius 3 is 2.59 bits per heavy atom. The van der Waals surface area contributed by atoms with E-state index in [0.717, 1.165) is 35.8 Å². The minimum atomic E-state index is -0.155. The molecule has 3 rings (SSSR count). The number of benzene rings is 2. The van der Waals surface area contributed by atoms with Crippen LogP contribution < -0.4 is 15.0 Å². The molecule has 0 saturated heterocycles. The number of hydrogen-bond donors (Lipinski definition) is 1. The molecule has 0 aromatic heterocycles. The average Bonchev–Trinajstić information content (AvgIpc) is 2.65. The van der Waals surface area contributed by atoms with E-state index in [1.165, 1.54) is 5.56 Å². The van der Waals surface area contributed by atoms with E-state index in [2.05, 4.69) is 50.0 Å². The Hall–Kier alpha value is -2.75. The highest BCUT2D eigenvalue weighted by molar-refractivity contribution is 6.02. The SMILES string of the molecule is CCN1CCOc2cc(NC(=O)C=Cc3ccc(C(C)(C)C)cc3)ccc21. The lowest BCUT2D eigenvalue weighted by Gasteiger charge is -2.30. The predicted molar refractivity (Wildman–Crippen MR) is 113 cm³/mol. The van der Waals surface area contributed by atoms with E-state index in [1.807, 2.05) is 36.4 Å². The lowest BCUT2D eigenvalue weighted by molar-refractivity contribution is -0.111. The fraction of sp³-hybridized carbons (Fsp3) is 0.348. The molecule has 27 heavy (non-hydrogen) atoms. The number of hydrogen-bond acceptors (Lipinski definition) is 3. The van der Waals surface area contributed by atoms with Crippen molar-refractivity contribution in [2.24, 2.45) is 0 Å². The molecular formula is C23H28N2O2. The lowest BCUT2D eigenvalue weighted by Crippen LogP contribution is -2.32. The molecule has 4 nitrogen and oxygen atoms in total. The maximum absolute atomic E-state index is 12.3. The van der Waals surface area contributed by atoms with Gasteiger partial charge in [-0.05, 0) is 41.7 Å². The first-order valence-electron chi connectivity index (χ1n) is 9.48. The number of nitrogens with one attached hydrogen (secondary N) is 1. The topological polar surface area (TPSA) is 41.6 Å². The van der Waals surface area contributed by atoms with Gasteiger partial charge in [-0.15, -0.1) is 0 Å². The van der Waals surface area contributed by atoms with Crippen LogP contribution in [0.5, 0.6) is 5.75 Å². The molecule has 0 aliphatic carbocycles. The van der Waals surface area contributed by atoms with Gasteiger partial charge in [0.25, 0.3) is 0 Å². The normalized spacial score (nSPS) is 14.0. The third-order valence-electron chi connectivity index (χ3n) is 4.77. The lowest BCUT2D eigenvalue weighted by atomic mass is 9.87. The molecule has 1 aliphatic rings. The molecule has 0 bridgehead atoms. The summed E-state index contributed by atoms with van der Waals surface area (Å²) in [5.74, 6) is 0.667. The van der Waals surface area contributed by atoms with Gasteiger partial charge in [-0.3, -0.25) is 4.79 Å². The van der Waals surface area contributed by atoms with Gasteiger partial charge in [0, 0.05) is 24.4 Å². The molecule has 0 spiro atoms. The summed E-state index contributed by atoms with van der Waals surface area (Å²) >= 11 is 0. The maximum Gasteiger partial charge on any atom is 0.248 e. The van der Waals surface area contributed by atoms with Crippen molar-refractivity contribution < 1.29 is 9.53 Å². The zero-order chi connectivity index (χ0) is 19.4. The van der Waals surface area contributed by atoms with Crippen molar-refractivity contribution in [2.75, 3.05) is 29.9 Å². The average molecular weight is 364 g/mol. The van der Waals surface area contributed by atoms with Crippen LogP contribution in [0.25, 0.3) is 6.08 Å². The van der Waals surface area contributed by atoms with Gasteiger partial charge in [0.05, 0.1) is 12.2 Å². The van der Waals surface area contributed by atoms with Gasteiger partial charge in [-0.2, -0.15) is 0 Å². The molecule has 1 amide bonds. The van der Waals surface area contributed by atoms with Gasteiger partial charge in [0.2, 0.25) is 5.91 Å². The van der Waals surface area contributed by atoms with Crippen LogP contribution in [0.1, 0.15) is 38.8 Å². The van der Waals surface area contributed by atoms with Crippen molar-refractivity contribution in [1.29, 1.82) is 0 Å². The Morgan fingerprint density at radius 2 is 1.93 bits per heavy atom. The molecule has 142 valence electrons. The van der Waals surface area contributed by atoms with Crippen LogP contribution >= 0.6 is 0 Å².